The average molecular weight is 638 g/mol. The summed E-state index contributed by atoms with van der Waals surface area (Å²) in [6.07, 6.45) is 1.85. The van der Waals surface area contributed by atoms with Gasteiger partial charge in [-0.3, -0.25) is 4.98 Å². The third kappa shape index (κ3) is 4.56. The lowest BCUT2D eigenvalue weighted by molar-refractivity contribution is 1.13. The first-order chi connectivity index (χ1) is 24.8. The maximum atomic E-state index is 4.60. The molecule has 0 fully saturated rings. The second kappa shape index (κ2) is 11.5. The van der Waals surface area contributed by atoms with Gasteiger partial charge in [0, 0.05) is 44.7 Å². The van der Waals surface area contributed by atoms with Crippen LogP contribution in [0.4, 0.5) is 0 Å². The fourth-order valence-corrected chi connectivity index (χ4v) is 7.69. The van der Waals surface area contributed by atoms with Gasteiger partial charge in [0.25, 0.3) is 0 Å². The van der Waals surface area contributed by atoms with E-state index in [4.69, 9.17) is 0 Å². The molecular weight excluding hydrogens is 607 g/mol. The van der Waals surface area contributed by atoms with Crippen LogP contribution >= 0.6 is 0 Å². The van der Waals surface area contributed by atoms with Crippen LogP contribution in [0.5, 0.6) is 0 Å². The van der Waals surface area contributed by atoms with Gasteiger partial charge < -0.3 is 9.13 Å². The van der Waals surface area contributed by atoms with Gasteiger partial charge >= 0.3 is 0 Å². The molecule has 0 aliphatic heterocycles. The van der Waals surface area contributed by atoms with Crippen molar-refractivity contribution in [3.8, 4) is 44.9 Å². The minimum absolute atomic E-state index is 0.972. The predicted octanol–water partition coefficient (Wildman–Crippen LogP) is 12.3. The molecule has 50 heavy (non-hydrogen) atoms. The van der Waals surface area contributed by atoms with Crippen LogP contribution in [-0.2, 0) is 0 Å². The number of pyridine rings is 1. The lowest BCUT2D eigenvalue weighted by atomic mass is 9.96. The van der Waals surface area contributed by atoms with Gasteiger partial charge in [0.05, 0.1) is 27.8 Å². The van der Waals surface area contributed by atoms with Gasteiger partial charge in [0.1, 0.15) is 0 Å². The van der Waals surface area contributed by atoms with Crippen molar-refractivity contribution in [1.82, 2.24) is 14.1 Å². The van der Waals surface area contributed by atoms with E-state index in [0.717, 1.165) is 39.3 Å². The number of nitrogens with zero attached hydrogens (tertiary/aromatic N) is 3. The molecule has 0 N–H and O–H groups in total. The Morgan fingerprint density at radius 1 is 0.300 bits per heavy atom. The molecule has 7 aromatic carbocycles. The van der Waals surface area contributed by atoms with Crippen molar-refractivity contribution < 1.29 is 0 Å². The zero-order valence-corrected chi connectivity index (χ0v) is 27.2. The Morgan fingerprint density at radius 2 is 0.700 bits per heavy atom. The number of benzene rings is 7. The van der Waals surface area contributed by atoms with Crippen molar-refractivity contribution in [3.05, 3.63) is 188 Å². The molecule has 3 heteroatoms. The molecule has 0 unspecified atom stereocenters. The number of aromatic nitrogens is 3. The normalized spacial score (nSPS) is 11.6. The topological polar surface area (TPSA) is 22.8 Å². The highest BCUT2D eigenvalue weighted by atomic mass is 15.0. The Kier molecular flexibility index (Phi) is 6.49. The highest BCUT2D eigenvalue weighted by molar-refractivity contribution is 6.10. The monoisotopic (exact) mass is 637 g/mol. The standard InChI is InChI=1S/C47H31N3/c1-5-22-44-39(17-1)40-18-2-6-23-45(40)49(44)37-29-36(30-38(31-37)50-46-24-7-3-19-41(46)42-20-4-8-25-47(42)50)34-15-11-13-32(27-34)33-14-12-16-35(28-33)43-21-9-10-26-48-43/h1-31H. The predicted molar refractivity (Wildman–Crippen MR) is 209 cm³/mol. The molecule has 0 bridgehead atoms. The maximum Gasteiger partial charge on any atom is 0.0702 e. The SMILES string of the molecule is c1ccc(-c2cccc(-c3cccc(-c4cc(-n5c6ccccc6c6ccccc65)cc(-n5c6ccccc6c6ccccc65)c4)c3)c2)nc1. The Balaban J connectivity index is 1.23. The van der Waals surface area contributed by atoms with E-state index in [1.165, 1.54) is 49.2 Å². The van der Waals surface area contributed by atoms with Gasteiger partial charge in [-0.15, -0.1) is 0 Å². The van der Waals surface area contributed by atoms with Gasteiger partial charge in [-0.25, -0.2) is 0 Å². The quantitative estimate of drug-likeness (QED) is 0.184. The highest BCUT2D eigenvalue weighted by Gasteiger charge is 2.17. The summed E-state index contributed by atoms with van der Waals surface area (Å²) in [5, 5.41) is 5.01. The molecule has 3 heterocycles. The van der Waals surface area contributed by atoms with E-state index in [0.29, 0.717) is 0 Å². The van der Waals surface area contributed by atoms with E-state index in [9.17, 15) is 0 Å². The van der Waals surface area contributed by atoms with Crippen molar-refractivity contribution in [2.45, 2.75) is 0 Å². The van der Waals surface area contributed by atoms with Crippen LogP contribution in [0.25, 0.3) is 88.5 Å². The van der Waals surface area contributed by atoms with Crippen molar-refractivity contribution in [1.29, 1.82) is 0 Å². The summed E-state index contributed by atoms with van der Waals surface area (Å²) in [5.74, 6) is 0. The molecule has 3 nitrogen and oxygen atoms in total. The molecule has 0 aliphatic carbocycles. The van der Waals surface area contributed by atoms with Crippen LogP contribution in [0.15, 0.2) is 188 Å². The molecule has 3 aromatic heterocycles. The van der Waals surface area contributed by atoms with Crippen molar-refractivity contribution in [3.63, 3.8) is 0 Å². The zero-order chi connectivity index (χ0) is 33.0. The molecule has 0 saturated heterocycles. The zero-order valence-electron chi connectivity index (χ0n) is 27.2. The minimum atomic E-state index is 0.972. The van der Waals surface area contributed by atoms with Crippen LogP contribution in [0.1, 0.15) is 0 Å². The average Bonchev–Trinajstić information content (AvgIpc) is 3.71. The van der Waals surface area contributed by atoms with E-state index in [1.54, 1.807) is 0 Å². The van der Waals surface area contributed by atoms with Gasteiger partial charge in [-0.1, -0.05) is 115 Å². The molecule has 0 aliphatic rings. The molecular formula is C47H31N3. The van der Waals surface area contributed by atoms with E-state index >= 15 is 0 Å². The van der Waals surface area contributed by atoms with Crippen LogP contribution in [0.2, 0.25) is 0 Å². The largest absolute Gasteiger partial charge is 0.309 e. The molecule has 0 radical (unpaired) electrons. The van der Waals surface area contributed by atoms with Gasteiger partial charge in [-0.05, 0) is 89.0 Å². The number of hydrogen-bond donors (Lipinski definition) is 0. The second-order valence-corrected chi connectivity index (χ2v) is 12.9. The molecule has 0 spiro atoms. The van der Waals surface area contributed by atoms with Crippen LogP contribution < -0.4 is 0 Å². The van der Waals surface area contributed by atoms with Crippen molar-refractivity contribution in [2.75, 3.05) is 0 Å². The van der Waals surface area contributed by atoms with E-state index in [2.05, 4.69) is 184 Å². The van der Waals surface area contributed by atoms with Gasteiger partial charge in [0.2, 0.25) is 0 Å². The minimum Gasteiger partial charge on any atom is -0.309 e. The number of hydrogen-bond acceptors (Lipinski definition) is 1. The summed E-state index contributed by atoms with van der Waals surface area (Å²) >= 11 is 0. The van der Waals surface area contributed by atoms with E-state index in [-0.39, 0.29) is 0 Å². The molecule has 0 amide bonds. The Labute approximate surface area is 290 Å². The van der Waals surface area contributed by atoms with E-state index < -0.39 is 0 Å². The molecule has 0 saturated carbocycles. The van der Waals surface area contributed by atoms with E-state index in [1.807, 2.05) is 18.3 Å². The number of fused-ring (bicyclic) bond motifs is 6. The lowest BCUT2D eigenvalue weighted by Gasteiger charge is -2.16. The first-order valence-corrected chi connectivity index (χ1v) is 17.0. The van der Waals surface area contributed by atoms with Gasteiger partial charge in [-0.2, -0.15) is 0 Å². The van der Waals surface area contributed by atoms with Gasteiger partial charge in [0.15, 0.2) is 0 Å². The first kappa shape index (κ1) is 28.3. The Bertz CT molecular complexity index is 2640. The summed E-state index contributed by atoms with van der Waals surface area (Å²) in [6, 6.07) is 65.6. The highest BCUT2D eigenvalue weighted by Crippen LogP contribution is 2.38. The summed E-state index contributed by atoms with van der Waals surface area (Å²) in [4.78, 5) is 4.60. The number of rotatable bonds is 5. The summed E-state index contributed by atoms with van der Waals surface area (Å²) in [6.45, 7) is 0. The van der Waals surface area contributed by atoms with Crippen molar-refractivity contribution >= 4 is 43.6 Å². The lowest BCUT2D eigenvalue weighted by Crippen LogP contribution is -2.00. The fraction of sp³-hybridized carbons (Fsp3) is 0. The molecule has 234 valence electrons. The smallest absolute Gasteiger partial charge is 0.0702 e. The van der Waals surface area contributed by atoms with Crippen molar-refractivity contribution in [2.24, 2.45) is 0 Å². The van der Waals surface area contributed by atoms with Crippen LogP contribution in [0.3, 0.4) is 0 Å². The Morgan fingerprint density at radius 3 is 1.16 bits per heavy atom. The fourth-order valence-electron chi connectivity index (χ4n) is 7.69. The summed E-state index contributed by atoms with van der Waals surface area (Å²) in [5.41, 5.74) is 13.8. The number of para-hydroxylation sites is 4. The summed E-state index contributed by atoms with van der Waals surface area (Å²) in [7, 11) is 0. The van der Waals surface area contributed by atoms with Crippen LogP contribution in [-0.4, -0.2) is 14.1 Å². The van der Waals surface area contributed by atoms with Crippen LogP contribution in [0, 0.1) is 0 Å². The third-order valence-electron chi connectivity index (χ3n) is 9.93. The first-order valence-electron chi connectivity index (χ1n) is 17.0. The summed E-state index contributed by atoms with van der Waals surface area (Å²) < 4.78 is 4.84. The second-order valence-electron chi connectivity index (χ2n) is 12.9. The molecule has 0 atom stereocenters. The Hall–Kier alpha value is -6.71. The molecule has 10 rings (SSSR count). The maximum absolute atomic E-state index is 4.60. The molecule has 10 aromatic rings. The third-order valence-corrected chi connectivity index (χ3v) is 9.93.